The van der Waals surface area contributed by atoms with E-state index in [1.807, 2.05) is 6.92 Å². The molecule has 6 nitrogen and oxygen atoms in total. The minimum absolute atomic E-state index is 0.00309. The number of hydrogen-bond donors (Lipinski definition) is 1. The average Bonchev–Trinajstić information content (AvgIpc) is 2.43. The van der Waals surface area contributed by atoms with Gasteiger partial charge in [-0.3, -0.25) is 14.4 Å². The number of carbonyl (C=O) groups is 1. The number of nitrogens with zero attached hydrogens (tertiary/aromatic N) is 2. The molecule has 20 heavy (non-hydrogen) atoms. The fourth-order valence-corrected chi connectivity index (χ4v) is 2.25. The van der Waals surface area contributed by atoms with Crippen LogP contribution in [0.15, 0.2) is 33.9 Å². The molecule has 2 rings (SSSR count). The Balaban J connectivity index is 2.73. The van der Waals surface area contributed by atoms with Crippen molar-refractivity contribution in [1.29, 1.82) is 0 Å². The van der Waals surface area contributed by atoms with E-state index in [1.54, 1.807) is 24.3 Å². The summed E-state index contributed by atoms with van der Waals surface area (Å²) in [6.07, 6.45) is 0.545. The van der Waals surface area contributed by atoms with Gasteiger partial charge in [0.2, 0.25) is 0 Å². The van der Waals surface area contributed by atoms with Crippen LogP contribution in [-0.2, 0) is 17.9 Å². The molecule has 1 aromatic heterocycles. The number of carboxylic acid groups (broad SMARTS) is 1. The molecule has 0 saturated heterocycles. The summed E-state index contributed by atoms with van der Waals surface area (Å²) in [5.74, 6) is -1.00. The van der Waals surface area contributed by atoms with Crippen LogP contribution in [0.5, 0.6) is 0 Å². The third kappa shape index (κ3) is 2.49. The van der Waals surface area contributed by atoms with Gasteiger partial charge >= 0.3 is 17.1 Å². The Bertz CT molecular complexity index is 758. The minimum atomic E-state index is -1.00. The third-order valence-electron chi connectivity index (χ3n) is 3.13. The molecule has 0 radical (unpaired) electrons. The Morgan fingerprint density at radius 1 is 1.05 bits per heavy atom. The number of fused-ring (bicyclic) bond motifs is 1. The fraction of sp³-hybridized carbons (Fsp3) is 0.357. The smallest absolute Gasteiger partial charge is 0.316 e. The topological polar surface area (TPSA) is 81.3 Å². The lowest BCUT2D eigenvalue weighted by Gasteiger charge is -2.13. The van der Waals surface area contributed by atoms with Gasteiger partial charge in [-0.1, -0.05) is 19.1 Å². The van der Waals surface area contributed by atoms with Crippen molar-refractivity contribution in [2.24, 2.45) is 0 Å². The predicted octanol–water partition coefficient (Wildman–Crippen LogP) is 1.05. The number of aromatic nitrogens is 2. The lowest BCUT2D eigenvalue weighted by molar-refractivity contribution is -0.137. The van der Waals surface area contributed by atoms with Crippen molar-refractivity contribution in [1.82, 2.24) is 9.13 Å². The maximum atomic E-state index is 12.1. The van der Waals surface area contributed by atoms with Crippen LogP contribution in [0, 0.1) is 0 Å². The second-order valence-corrected chi connectivity index (χ2v) is 4.55. The maximum absolute atomic E-state index is 12.1. The first-order valence-electron chi connectivity index (χ1n) is 6.50. The highest BCUT2D eigenvalue weighted by Crippen LogP contribution is 2.11. The summed E-state index contributed by atoms with van der Waals surface area (Å²) >= 11 is 0. The van der Waals surface area contributed by atoms with Gasteiger partial charge in [-0.15, -0.1) is 0 Å². The molecule has 0 fully saturated rings. The lowest BCUT2D eigenvalue weighted by Crippen LogP contribution is -2.41. The van der Waals surface area contributed by atoms with E-state index in [4.69, 9.17) is 5.11 Å². The van der Waals surface area contributed by atoms with Gasteiger partial charge in [0.15, 0.2) is 0 Å². The molecule has 0 atom stereocenters. The molecular weight excluding hydrogens is 260 g/mol. The van der Waals surface area contributed by atoms with Crippen molar-refractivity contribution in [2.75, 3.05) is 0 Å². The molecule has 0 aliphatic rings. The standard InChI is InChI=1S/C14H16N2O4/c1-2-8-15-10-5-3-4-6-11(10)16(9-7-12(17)18)14(20)13(15)19/h3-6H,2,7-9H2,1H3,(H,17,18). The van der Waals surface area contributed by atoms with Crippen LogP contribution in [-0.4, -0.2) is 20.2 Å². The Kier molecular flexibility index (Phi) is 4.02. The zero-order chi connectivity index (χ0) is 14.7. The molecular formula is C14H16N2O4. The molecule has 1 N–H and O–H groups in total. The first-order chi connectivity index (χ1) is 9.56. The molecule has 1 heterocycles. The number of aryl methyl sites for hydroxylation is 2. The predicted molar refractivity (Wildman–Crippen MR) is 75.0 cm³/mol. The van der Waals surface area contributed by atoms with Crippen molar-refractivity contribution in [2.45, 2.75) is 32.9 Å². The van der Waals surface area contributed by atoms with Gasteiger partial charge in [-0.05, 0) is 18.6 Å². The van der Waals surface area contributed by atoms with Crippen LogP contribution in [0.3, 0.4) is 0 Å². The highest BCUT2D eigenvalue weighted by atomic mass is 16.4. The number of aliphatic carboxylic acids is 1. The Labute approximate surface area is 114 Å². The van der Waals surface area contributed by atoms with Crippen molar-refractivity contribution in [3.05, 3.63) is 45.0 Å². The SMILES string of the molecule is CCCn1c(=O)c(=O)n(CCC(=O)O)c2ccccc21. The first kappa shape index (κ1) is 14.0. The van der Waals surface area contributed by atoms with Gasteiger partial charge in [0.25, 0.3) is 0 Å². The van der Waals surface area contributed by atoms with E-state index in [0.717, 1.165) is 6.42 Å². The van der Waals surface area contributed by atoms with Crippen LogP contribution >= 0.6 is 0 Å². The summed E-state index contributed by atoms with van der Waals surface area (Å²) < 4.78 is 2.70. The lowest BCUT2D eigenvalue weighted by atomic mass is 10.2. The number of carboxylic acids is 1. The van der Waals surface area contributed by atoms with E-state index in [0.29, 0.717) is 17.6 Å². The van der Waals surface area contributed by atoms with Crippen LogP contribution < -0.4 is 11.1 Å². The highest BCUT2D eigenvalue weighted by molar-refractivity contribution is 5.75. The van der Waals surface area contributed by atoms with Crippen molar-refractivity contribution in [3.8, 4) is 0 Å². The van der Waals surface area contributed by atoms with E-state index in [2.05, 4.69) is 0 Å². The van der Waals surface area contributed by atoms with Crippen LogP contribution in [0.2, 0.25) is 0 Å². The molecule has 0 amide bonds. The second-order valence-electron chi connectivity index (χ2n) is 4.55. The molecule has 0 saturated carbocycles. The van der Waals surface area contributed by atoms with E-state index >= 15 is 0 Å². The minimum Gasteiger partial charge on any atom is -0.481 e. The normalized spacial score (nSPS) is 10.8. The summed E-state index contributed by atoms with van der Waals surface area (Å²) in [4.78, 5) is 34.9. The highest BCUT2D eigenvalue weighted by Gasteiger charge is 2.12. The molecule has 1 aromatic carbocycles. The fourth-order valence-electron chi connectivity index (χ4n) is 2.25. The Morgan fingerprint density at radius 3 is 2.00 bits per heavy atom. The zero-order valence-corrected chi connectivity index (χ0v) is 11.2. The first-order valence-corrected chi connectivity index (χ1v) is 6.50. The molecule has 0 unspecified atom stereocenters. The number of rotatable bonds is 5. The third-order valence-corrected chi connectivity index (χ3v) is 3.13. The van der Waals surface area contributed by atoms with Gasteiger partial charge in [-0.2, -0.15) is 0 Å². The van der Waals surface area contributed by atoms with Gasteiger partial charge in [0.1, 0.15) is 0 Å². The zero-order valence-electron chi connectivity index (χ0n) is 11.2. The summed E-state index contributed by atoms with van der Waals surface area (Å²) in [6, 6.07) is 7.05. The summed E-state index contributed by atoms with van der Waals surface area (Å²) in [7, 11) is 0. The summed E-state index contributed by atoms with van der Waals surface area (Å²) in [5.41, 5.74) is -0.0227. The van der Waals surface area contributed by atoms with Gasteiger partial charge in [0.05, 0.1) is 17.5 Å². The van der Waals surface area contributed by atoms with Gasteiger partial charge in [-0.25, -0.2) is 0 Å². The summed E-state index contributed by atoms with van der Waals surface area (Å²) in [5, 5.41) is 8.75. The number of para-hydroxylation sites is 2. The maximum Gasteiger partial charge on any atom is 0.316 e. The van der Waals surface area contributed by atoms with E-state index in [1.165, 1.54) is 9.13 Å². The molecule has 0 spiro atoms. The molecule has 6 heteroatoms. The number of hydrogen-bond acceptors (Lipinski definition) is 3. The van der Waals surface area contributed by atoms with Crippen LogP contribution in [0.4, 0.5) is 0 Å². The van der Waals surface area contributed by atoms with Crippen molar-refractivity contribution < 1.29 is 9.90 Å². The van der Waals surface area contributed by atoms with Crippen LogP contribution in [0.1, 0.15) is 19.8 Å². The molecule has 0 bridgehead atoms. The Morgan fingerprint density at radius 2 is 1.55 bits per heavy atom. The van der Waals surface area contributed by atoms with E-state index in [9.17, 15) is 14.4 Å². The van der Waals surface area contributed by atoms with E-state index < -0.39 is 17.1 Å². The Hall–Kier alpha value is -2.37. The van der Waals surface area contributed by atoms with Gasteiger partial charge in [0, 0.05) is 13.1 Å². The monoisotopic (exact) mass is 276 g/mol. The van der Waals surface area contributed by atoms with Gasteiger partial charge < -0.3 is 14.2 Å². The average molecular weight is 276 g/mol. The van der Waals surface area contributed by atoms with E-state index in [-0.39, 0.29) is 13.0 Å². The quantitative estimate of drug-likeness (QED) is 0.827. The van der Waals surface area contributed by atoms with Crippen molar-refractivity contribution >= 4 is 17.0 Å². The van der Waals surface area contributed by atoms with Crippen LogP contribution in [0.25, 0.3) is 11.0 Å². The molecule has 106 valence electrons. The largest absolute Gasteiger partial charge is 0.481 e. The molecule has 0 aliphatic carbocycles. The molecule has 2 aromatic rings. The summed E-state index contributed by atoms with van der Waals surface area (Å²) in [6.45, 7) is 2.39. The molecule has 0 aliphatic heterocycles. The van der Waals surface area contributed by atoms with Crippen molar-refractivity contribution in [3.63, 3.8) is 0 Å². The second kappa shape index (κ2) is 5.73. The number of benzene rings is 1.